The van der Waals surface area contributed by atoms with E-state index in [-0.39, 0.29) is 0 Å². The van der Waals surface area contributed by atoms with Crippen molar-refractivity contribution >= 4 is 23.0 Å². The molecular weight excluding hydrogens is 276 g/mol. The minimum Gasteiger partial charge on any atom is -0.481 e. The molecule has 0 radical (unpaired) electrons. The number of aldehydes is 1. The van der Waals surface area contributed by atoms with Crippen LogP contribution in [0.4, 0.5) is 0 Å². The van der Waals surface area contributed by atoms with E-state index in [2.05, 4.69) is 19.1 Å². The summed E-state index contributed by atoms with van der Waals surface area (Å²) in [6.45, 7) is 2.22. The van der Waals surface area contributed by atoms with Gasteiger partial charge in [-0.3, -0.25) is 4.79 Å². The molecule has 0 fully saturated rings. The summed E-state index contributed by atoms with van der Waals surface area (Å²) < 4.78 is 0. The molecule has 3 nitrogen and oxygen atoms in total. The van der Waals surface area contributed by atoms with Crippen LogP contribution in [0.2, 0.25) is 0 Å². The van der Waals surface area contributed by atoms with E-state index >= 15 is 0 Å². The maximum Gasteiger partial charge on any atom is 0.310 e. The molecule has 2 unspecified atom stereocenters. The molecule has 0 amide bonds. The van der Waals surface area contributed by atoms with Crippen LogP contribution >= 0.6 is 0 Å². The third kappa shape index (κ3) is 2.41. The van der Waals surface area contributed by atoms with E-state index in [1.165, 1.54) is 16.5 Å². The quantitative estimate of drug-likeness (QED) is 0.646. The van der Waals surface area contributed by atoms with Crippen LogP contribution in [0.5, 0.6) is 0 Å². The lowest BCUT2D eigenvalue weighted by Crippen LogP contribution is -2.12. The first-order valence-corrected chi connectivity index (χ1v) is 7.84. The number of rotatable bonds is 6. The molecule has 0 aromatic heterocycles. The van der Waals surface area contributed by atoms with Gasteiger partial charge in [0.1, 0.15) is 6.29 Å². The average Bonchev–Trinajstić information content (AvgIpc) is 2.83. The largest absolute Gasteiger partial charge is 0.481 e. The monoisotopic (exact) mass is 296 g/mol. The van der Waals surface area contributed by atoms with Crippen molar-refractivity contribution in [3.05, 3.63) is 47.0 Å². The fraction of sp³-hybridized carbons (Fsp3) is 0.368. The van der Waals surface area contributed by atoms with Crippen molar-refractivity contribution in [1.29, 1.82) is 0 Å². The molecule has 0 saturated carbocycles. The fourth-order valence-electron chi connectivity index (χ4n) is 3.67. The summed E-state index contributed by atoms with van der Waals surface area (Å²) in [4.78, 5) is 22.2. The second kappa shape index (κ2) is 5.91. The Balaban J connectivity index is 2.09. The van der Waals surface area contributed by atoms with E-state index in [4.69, 9.17) is 0 Å². The number of hydrogen-bond donors (Lipinski definition) is 1. The van der Waals surface area contributed by atoms with Crippen LogP contribution in [-0.2, 0) is 16.0 Å². The molecule has 2 atom stereocenters. The number of benzene rings is 2. The number of carbonyl (C=O) groups is 2. The summed E-state index contributed by atoms with van der Waals surface area (Å²) in [6, 6.07) is 10.3. The zero-order valence-corrected chi connectivity index (χ0v) is 12.7. The van der Waals surface area contributed by atoms with Crippen LogP contribution in [0.25, 0.3) is 10.8 Å². The van der Waals surface area contributed by atoms with Gasteiger partial charge in [0.05, 0.1) is 5.92 Å². The molecule has 0 bridgehead atoms. The van der Waals surface area contributed by atoms with Gasteiger partial charge in [-0.1, -0.05) is 37.3 Å². The second-order valence-electron chi connectivity index (χ2n) is 6.18. The van der Waals surface area contributed by atoms with E-state index in [1.54, 1.807) is 0 Å². The van der Waals surface area contributed by atoms with Gasteiger partial charge in [0.15, 0.2) is 0 Å². The molecule has 3 heteroatoms. The highest BCUT2D eigenvalue weighted by Gasteiger charge is 2.26. The lowest BCUT2D eigenvalue weighted by Gasteiger charge is -2.16. The highest BCUT2D eigenvalue weighted by atomic mass is 16.4. The third-order valence-electron chi connectivity index (χ3n) is 4.74. The zero-order valence-electron chi connectivity index (χ0n) is 12.7. The van der Waals surface area contributed by atoms with Crippen LogP contribution in [0.3, 0.4) is 0 Å². The first kappa shape index (κ1) is 14.8. The van der Waals surface area contributed by atoms with Crippen molar-refractivity contribution in [2.75, 3.05) is 0 Å². The summed E-state index contributed by atoms with van der Waals surface area (Å²) >= 11 is 0. The van der Waals surface area contributed by atoms with Crippen molar-refractivity contribution in [2.45, 2.75) is 44.4 Å². The number of carboxylic acids is 1. The molecule has 1 aliphatic rings. The number of unbranched alkanes of at least 4 members (excludes halogenated alkanes) is 1. The first-order valence-electron chi connectivity index (χ1n) is 7.84. The molecule has 2 aromatic rings. The van der Waals surface area contributed by atoms with E-state index in [0.29, 0.717) is 25.2 Å². The van der Waals surface area contributed by atoms with Gasteiger partial charge in [-0.15, -0.1) is 0 Å². The Morgan fingerprint density at radius 2 is 2.18 bits per heavy atom. The Hall–Kier alpha value is -2.16. The van der Waals surface area contributed by atoms with Gasteiger partial charge in [0.2, 0.25) is 0 Å². The van der Waals surface area contributed by atoms with Gasteiger partial charge in [-0.05, 0) is 52.6 Å². The molecule has 1 N–H and O–H groups in total. The summed E-state index contributed by atoms with van der Waals surface area (Å²) in [5.74, 6) is -0.856. The predicted molar refractivity (Wildman–Crippen MR) is 86.4 cm³/mol. The summed E-state index contributed by atoms with van der Waals surface area (Å²) in [6.07, 6.45) is 3.41. The Morgan fingerprint density at radius 3 is 2.91 bits per heavy atom. The topological polar surface area (TPSA) is 54.4 Å². The standard InChI is InChI=1S/C19H20O3/c1-12-11-13-8-9-15(16-7-4-6-14(12)18(13)16)17(19(21)22)5-2-3-10-20/h4,6-10,12,17H,2-3,5,11H2,1H3,(H,21,22). The Labute approximate surface area is 130 Å². The zero-order chi connectivity index (χ0) is 15.7. The minimum atomic E-state index is -0.808. The maximum atomic E-state index is 11.7. The fourth-order valence-corrected chi connectivity index (χ4v) is 3.67. The highest BCUT2D eigenvalue weighted by molar-refractivity contribution is 5.96. The molecular formula is C19H20O3. The van der Waals surface area contributed by atoms with Crippen LogP contribution in [0.15, 0.2) is 30.3 Å². The number of carboxylic acid groups (broad SMARTS) is 1. The lowest BCUT2D eigenvalue weighted by atomic mass is 9.88. The van der Waals surface area contributed by atoms with Gasteiger partial charge in [0, 0.05) is 6.42 Å². The SMILES string of the molecule is CC1Cc2ccc(C(CCCC=O)C(=O)O)c3cccc1c23. The molecule has 3 rings (SSSR count). The van der Waals surface area contributed by atoms with Gasteiger partial charge in [0.25, 0.3) is 0 Å². The van der Waals surface area contributed by atoms with Crippen molar-refractivity contribution in [3.63, 3.8) is 0 Å². The minimum absolute atomic E-state index is 0.419. The predicted octanol–water partition coefficient (Wildman–Crippen LogP) is 4.04. The van der Waals surface area contributed by atoms with Crippen molar-refractivity contribution in [2.24, 2.45) is 0 Å². The van der Waals surface area contributed by atoms with Crippen LogP contribution in [0, 0.1) is 0 Å². The Kier molecular flexibility index (Phi) is 3.97. The number of carbonyl (C=O) groups excluding carboxylic acids is 1. The summed E-state index contributed by atoms with van der Waals surface area (Å²) in [5, 5.41) is 11.9. The van der Waals surface area contributed by atoms with Gasteiger partial charge in [-0.2, -0.15) is 0 Å². The Morgan fingerprint density at radius 1 is 1.36 bits per heavy atom. The van der Waals surface area contributed by atoms with Gasteiger partial charge < -0.3 is 9.90 Å². The van der Waals surface area contributed by atoms with E-state index < -0.39 is 11.9 Å². The number of hydrogen-bond acceptors (Lipinski definition) is 2. The molecule has 114 valence electrons. The van der Waals surface area contributed by atoms with Crippen LogP contribution in [-0.4, -0.2) is 17.4 Å². The number of aliphatic carboxylic acids is 1. The van der Waals surface area contributed by atoms with E-state index in [0.717, 1.165) is 23.7 Å². The second-order valence-corrected chi connectivity index (χ2v) is 6.18. The molecule has 0 aliphatic heterocycles. The van der Waals surface area contributed by atoms with Crippen LogP contribution < -0.4 is 0 Å². The van der Waals surface area contributed by atoms with Crippen molar-refractivity contribution in [3.8, 4) is 0 Å². The molecule has 2 aromatic carbocycles. The van der Waals surface area contributed by atoms with Crippen LogP contribution in [0.1, 0.15) is 54.7 Å². The third-order valence-corrected chi connectivity index (χ3v) is 4.74. The molecule has 0 heterocycles. The smallest absolute Gasteiger partial charge is 0.310 e. The van der Waals surface area contributed by atoms with E-state index in [9.17, 15) is 14.7 Å². The molecule has 0 saturated heterocycles. The summed E-state index contributed by atoms with van der Waals surface area (Å²) in [7, 11) is 0. The maximum absolute atomic E-state index is 11.7. The highest BCUT2D eigenvalue weighted by Crippen LogP contribution is 2.41. The average molecular weight is 296 g/mol. The molecule has 1 aliphatic carbocycles. The van der Waals surface area contributed by atoms with Gasteiger partial charge >= 0.3 is 5.97 Å². The normalized spacial score (nSPS) is 17.6. The van der Waals surface area contributed by atoms with Gasteiger partial charge in [-0.25, -0.2) is 0 Å². The van der Waals surface area contributed by atoms with Crippen molar-refractivity contribution in [1.82, 2.24) is 0 Å². The first-order chi connectivity index (χ1) is 10.6. The lowest BCUT2D eigenvalue weighted by molar-refractivity contribution is -0.139. The summed E-state index contributed by atoms with van der Waals surface area (Å²) in [5.41, 5.74) is 3.53. The Bertz CT molecular complexity index is 733. The van der Waals surface area contributed by atoms with Crippen molar-refractivity contribution < 1.29 is 14.7 Å². The molecule has 22 heavy (non-hydrogen) atoms. The van der Waals surface area contributed by atoms with E-state index in [1.807, 2.05) is 18.2 Å². The molecule has 0 spiro atoms.